The van der Waals surface area contributed by atoms with Gasteiger partial charge in [-0.1, -0.05) is 20.8 Å². The van der Waals surface area contributed by atoms with Crippen molar-refractivity contribution in [3.63, 3.8) is 0 Å². The van der Waals surface area contributed by atoms with Gasteiger partial charge in [0.1, 0.15) is 0 Å². The fraction of sp³-hybridized carbons (Fsp3) is 1.00. The van der Waals surface area contributed by atoms with E-state index in [0.29, 0.717) is 5.41 Å². The molecule has 1 saturated carbocycles. The smallest absolute Gasteiger partial charge is 0.00960 e. The van der Waals surface area contributed by atoms with Gasteiger partial charge >= 0.3 is 0 Å². The molecule has 0 amide bonds. The third-order valence-corrected chi connectivity index (χ3v) is 4.13. The molecular weight excluding hydrogens is 158 g/mol. The van der Waals surface area contributed by atoms with Gasteiger partial charge in [0.05, 0.1) is 0 Å². The van der Waals surface area contributed by atoms with Crippen LogP contribution in [0.2, 0.25) is 0 Å². The number of hydrogen-bond acceptors (Lipinski definition) is 1. The third-order valence-electron chi connectivity index (χ3n) is 4.13. The Morgan fingerprint density at radius 2 is 1.85 bits per heavy atom. The topological polar surface area (TPSA) is 12.0 Å². The van der Waals surface area contributed by atoms with E-state index in [1.165, 1.54) is 32.2 Å². The predicted molar refractivity (Wildman–Crippen MR) is 56.7 cm³/mol. The highest BCUT2D eigenvalue weighted by atomic mass is 15.0. The molecule has 3 unspecified atom stereocenters. The lowest BCUT2D eigenvalue weighted by Gasteiger charge is -2.39. The highest BCUT2D eigenvalue weighted by molar-refractivity contribution is 4.92. The average Bonchev–Trinajstić information content (AvgIpc) is 2.47. The van der Waals surface area contributed by atoms with Crippen molar-refractivity contribution in [2.45, 2.75) is 52.5 Å². The zero-order chi connectivity index (χ0) is 9.47. The van der Waals surface area contributed by atoms with Gasteiger partial charge in [-0.25, -0.2) is 0 Å². The minimum atomic E-state index is 0.535. The van der Waals surface area contributed by atoms with E-state index in [4.69, 9.17) is 0 Å². The second-order valence-electron chi connectivity index (χ2n) is 5.99. The van der Waals surface area contributed by atoms with Crippen LogP contribution in [0.5, 0.6) is 0 Å². The molecule has 0 bridgehead atoms. The first-order chi connectivity index (χ1) is 6.07. The van der Waals surface area contributed by atoms with Crippen molar-refractivity contribution in [3.05, 3.63) is 0 Å². The second kappa shape index (κ2) is 3.27. The Morgan fingerprint density at radius 1 is 1.08 bits per heavy atom. The van der Waals surface area contributed by atoms with Crippen LogP contribution < -0.4 is 5.32 Å². The number of nitrogens with one attached hydrogen (secondary N) is 1. The Labute approximate surface area is 82.3 Å². The van der Waals surface area contributed by atoms with Gasteiger partial charge in [-0.05, 0) is 49.5 Å². The predicted octanol–water partition coefficient (Wildman–Crippen LogP) is 2.81. The van der Waals surface area contributed by atoms with Crippen LogP contribution in [0, 0.1) is 17.3 Å². The maximum Gasteiger partial charge on any atom is 0.00960 e. The molecule has 2 rings (SSSR count). The molecule has 1 heteroatoms. The fourth-order valence-corrected chi connectivity index (χ4v) is 3.09. The van der Waals surface area contributed by atoms with Crippen LogP contribution in [0.4, 0.5) is 0 Å². The summed E-state index contributed by atoms with van der Waals surface area (Å²) in [6.45, 7) is 8.48. The fourth-order valence-electron chi connectivity index (χ4n) is 3.09. The Kier molecular flexibility index (Phi) is 2.39. The van der Waals surface area contributed by atoms with Crippen molar-refractivity contribution >= 4 is 0 Å². The Bertz CT molecular complexity index is 180. The monoisotopic (exact) mass is 181 g/mol. The Morgan fingerprint density at radius 3 is 2.54 bits per heavy atom. The quantitative estimate of drug-likeness (QED) is 0.606. The summed E-state index contributed by atoms with van der Waals surface area (Å²) in [7, 11) is 0. The van der Waals surface area contributed by atoms with Crippen molar-refractivity contribution in [2.75, 3.05) is 6.54 Å². The maximum absolute atomic E-state index is 3.63. The molecule has 1 heterocycles. The van der Waals surface area contributed by atoms with Gasteiger partial charge in [-0.3, -0.25) is 0 Å². The highest BCUT2D eigenvalue weighted by Gasteiger charge is 2.37. The molecule has 2 aliphatic rings. The molecule has 0 spiro atoms. The zero-order valence-corrected chi connectivity index (χ0v) is 9.27. The lowest BCUT2D eigenvalue weighted by Crippen LogP contribution is -2.36. The SMILES string of the molecule is CC(C)(C)C1CCC2NCCC2C1. The Hall–Kier alpha value is -0.0400. The van der Waals surface area contributed by atoms with Gasteiger partial charge in [-0.2, -0.15) is 0 Å². The first-order valence-electron chi connectivity index (χ1n) is 5.81. The molecule has 1 N–H and O–H groups in total. The van der Waals surface area contributed by atoms with Crippen molar-refractivity contribution in [3.8, 4) is 0 Å². The number of rotatable bonds is 0. The van der Waals surface area contributed by atoms with Crippen molar-refractivity contribution in [1.82, 2.24) is 5.32 Å². The molecule has 1 aliphatic carbocycles. The molecule has 2 fully saturated rings. The molecule has 1 saturated heterocycles. The minimum Gasteiger partial charge on any atom is -0.314 e. The van der Waals surface area contributed by atoms with E-state index in [-0.39, 0.29) is 0 Å². The molecule has 13 heavy (non-hydrogen) atoms. The van der Waals surface area contributed by atoms with E-state index in [2.05, 4.69) is 26.1 Å². The van der Waals surface area contributed by atoms with E-state index in [9.17, 15) is 0 Å². The summed E-state index contributed by atoms with van der Waals surface area (Å²) in [5, 5.41) is 3.63. The van der Waals surface area contributed by atoms with Crippen LogP contribution in [0.25, 0.3) is 0 Å². The molecular formula is C12H23N. The van der Waals surface area contributed by atoms with Gasteiger partial charge in [0.25, 0.3) is 0 Å². The van der Waals surface area contributed by atoms with Crippen molar-refractivity contribution in [1.29, 1.82) is 0 Å². The molecule has 0 aromatic rings. The molecule has 0 radical (unpaired) electrons. The normalized spacial score (nSPS) is 40.4. The molecule has 76 valence electrons. The molecule has 3 atom stereocenters. The van der Waals surface area contributed by atoms with Gasteiger partial charge in [0.15, 0.2) is 0 Å². The van der Waals surface area contributed by atoms with Crippen LogP contribution in [-0.4, -0.2) is 12.6 Å². The highest BCUT2D eigenvalue weighted by Crippen LogP contribution is 2.42. The van der Waals surface area contributed by atoms with Gasteiger partial charge in [-0.15, -0.1) is 0 Å². The minimum absolute atomic E-state index is 0.535. The molecule has 0 aromatic heterocycles. The summed E-state index contributed by atoms with van der Waals surface area (Å²) < 4.78 is 0. The van der Waals surface area contributed by atoms with Crippen LogP contribution in [0.1, 0.15) is 46.5 Å². The average molecular weight is 181 g/mol. The van der Waals surface area contributed by atoms with Crippen molar-refractivity contribution < 1.29 is 0 Å². The summed E-state index contributed by atoms with van der Waals surface area (Å²) in [5.74, 6) is 1.96. The molecule has 1 nitrogen and oxygen atoms in total. The van der Waals surface area contributed by atoms with Gasteiger partial charge < -0.3 is 5.32 Å². The lowest BCUT2D eigenvalue weighted by atomic mass is 9.68. The van der Waals surface area contributed by atoms with Crippen LogP contribution in [0.15, 0.2) is 0 Å². The first-order valence-corrected chi connectivity index (χ1v) is 5.81. The van der Waals surface area contributed by atoms with Crippen molar-refractivity contribution in [2.24, 2.45) is 17.3 Å². The van der Waals surface area contributed by atoms with E-state index in [1.807, 2.05) is 0 Å². The first kappa shape index (κ1) is 9.51. The molecule has 0 aromatic carbocycles. The van der Waals surface area contributed by atoms with E-state index in [0.717, 1.165) is 17.9 Å². The van der Waals surface area contributed by atoms with Crippen LogP contribution >= 0.6 is 0 Å². The Balaban J connectivity index is 1.97. The van der Waals surface area contributed by atoms with Gasteiger partial charge in [0.2, 0.25) is 0 Å². The zero-order valence-electron chi connectivity index (χ0n) is 9.27. The van der Waals surface area contributed by atoms with Crippen LogP contribution in [0.3, 0.4) is 0 Å². The lowest BCUT2D eigenvalue weighted by molar-refractivity contribution is 0.133. The summed E-state index contributed by atoms with van der Waals surface area (Å²) in [6, 6.07) is 0.874. The number of hydrogen-bond donors (Lipinski definition) is 1. The summed E-state index contributed by atoms with van der Waals surface area (Å²) in [6.07, 6.45) is 5.77. The second-order valence-corrected chi connectivity index (χ2v) is 5.99. The molecule has 1 aliphatic heterocycles. The maximum atomic E-state index is 3.63. The van der Waals surface area contributed by atoms with E-state index < -0.39 is 0 Å². The largest absolute Gasteiger partial charge is 0.314 e. The van der Waals surface area contributed by atoms with Crippen LogP contribution in [-0.2, 0) is 0 Å². The summed E-state index contributed by atoms with van der Waals surface area (Å²) in [5.41, 5.74) is 0.535. The van der Waals surface area contributed by atoms with Gasteiger partial charge in [0, 0.05) is 6.04 Å². The van der Waals surface area contributed by atoms with E-state index >= 15 is 0 Å². The third kappa shape index (κ3) is 1.90. The standard InChI is InChI=1S/C12H23N/c1-12(2,3)10-4-5-11-9(8-10)6-7-13-11/h9-11,13H,4-8H2,1-3H3. The van der Waals surface area contributed by atoms with E-state index in [1.54, 1.807) is 0 Å². The number of fused-ring (bicyclic) bond motifs is 1. The summed E-state index contributed by atoms with van der Waals surface area (Å²) >= 11 is 0. The summed E-state index contributed by atoms with van der Waals surface area (Å²) in [4.78, 5) is 0.